The summed E-state index contributed by atoms with van der Waals surface area (Å²) in [6.07, 6.45) is 15.0. The first kappa shape index (κ1) is 21.8. The van der Waals surface area contributed by atoms with Crippen LogP contribution >= 0.6 is 0 Å². The molecule has 0 spiro atoms. The molecule has 0 aliphatic heterocycles. The minimum atomic E-state index is -0.631. The van der Waals surface area contributed by atoms with Gasteiger partial charge in [0, 0.05) is 12.0 Å². The van der Waals surface area contributed by atoms with E-state index in [-0.39, 0.29) is 12.4 Å². The Hall–Kier alpha value is -1.23. The molecule has 0 fully saturated rings. The number of carbonyl (C=O) groups excluding carboxylic acids is 1. The van der Waals surface area contributed by atoms with E-state index in [1.807, 2.05) is 24.3 Å². The molecular formula is C21H34O4. The quantitative estimate of drug-likeness (QED) is 0.350. The standard InChI is InChI=1S/C21H34O4/c1-2-3-6-9-18(23)14-12-17-13-15-21(25)20(17)11-8-5-4-7-10-19(24)16-22/h5,8,12,14,18-19,22-24H,2-4,6-7,9-11,13,15-16H2,1H3. The molecule has 4 heteroatoms. The van der Waals surface area contributed by atoms with Crippen LogP contribution in [0.15, 0.2) is 35.5 Å². The van der Waals surface area contributed by atoms with Crippen molar-refractivity contribution >= 4 is 5.78 Å². The third-order valence-corrected chi connectivity index (χ3v) is 4.58. The SMILES string of the molecule is CCCCCC(O)C=CC1=C(CC=CCCCC(O)CO)C(=O)CC1. The molecule has 25 heavy (non-hydrogen) atoms. The minimum Gasteiger partial charge on any atom is -0.394 e. The number of unbranched alkanes of at least 4 members (excludes halogenated alkanes) is 3. The summed E-state index contributed by atoms with van der Waals surface area (Å²) >= 11 is 0. The monoisotopic (exact) mass is 350 g/mol. The van der Waals surface area contributed by atoms with Crippen molar-refractivity contribution in [3.05, 3.63) is 35.5 Å². The lowest BCUT2D eigenvalue weighted by Gasteiger charge is -2.05. The molecule has 0 aromatic heterocycles. The summed E-state index contributed by atoms with van der Waals surface area (Å²) in [4.78, 5) is 12.0. The summed E-state index contributed by atoms with van der Waals surface area (Å²) in [7, 11) is 0. The fraction of sp³-hybridized carbons (Fsp3) is 0.667. The van der Waals surface area contributed by atoms with Crippen molar-refractivity contribution in [2.24, 2.45) is 0 Å². The van der Waals surface area contributed by atoms with Gasteiger partial charge in [0.1, 0.15) is 0 Å². The molecule has 0 bridgehead atoms. The van der Waals surface area contributed by atoms with Gasteiger partial charge >= 0.3 is 0 Å². The van der Waals surface area contributed by atoms with E-state index in [9.17, 15) is 15.0 Å². The maximum atomic E-state index is 12.0. The van der Waals surface area contributed by atoms with Crippen molar-refractivity contribution in [2.45, 2.75) is 83.3 Å². The van der Waals surface area contributed by atoms with Crippen LogP contribution in [-0.2, 0) is 4.79 Å². The van der Waals surface area contributed by atoms with E-state index in [4.69, 9.17) is 5.11 Å². The van der Waals surface area contributed by atoms with Gasteiger partial charge in [-0.3, -0.25) is 4.79 Å². The minimum absolute atomic E-state index is 0.189. The molecule has 4 nitrogen and oxygen atoms in total. The molecule has 1 rings (SSSR count). The van der Waals surface area contributed by atoms with Gasteiger partial charge in [-0.2, -0.15) is 0 Å². The Labute approximate surface area is 152 Å². The molecule has 1 aliphatic rings. The van der Waals surface area contributed by atoms with Gasteiger partial charge in [-0.05, 0) is 44.1 Å². The Bertz CT molecular complexity index is 476. The van der Waals surface area contributed by atoms with E-state index in [0.717, 1.165) is 56.1 Å². The summed E-state index contributed by atoms with van der Waals surface area (Å²) < 4.78 is 0. The second-order valence-corrected chi connectivity index (χ2v) is 6.79. The van der Waals surface area contributed by atoms with Crippen molar-refractivity contribution in [1.29, 1.82) is 0 Å². The predicted octanol–water partition coefficient (Wildman–Crippen LogP) is 3.61. The van der Waals surface area contributed by atoms with E-state index in [0.29, 0.717) is 19.3 Å². The topological polar surface area (TPSA) is 77.8 Å². The zero-order valence-electron chi connectivity index (χ0n) is 15.5. The first-order valence-electron chi connectivity index (χ1n) is 9.63. The molecule has 0 radical (unpaired) electrons. The third-order valence-electron chi connectivity index (χ3n) is 4.58. The second kappa shape index (κ2) is 13.0. The largest absolute Gasteiger partial charge is 0.394 e. The number of aliphatic hydroxyl groups is 3. The molecule has 0 saturated carbocycles. The molecule has 0 saturated heterocycles. The smallest absolute Gasteiger partial charge is 0.159 e. The number of hydrogen-bond donors (Lipinski definition) is 3. The summed E-state index contributed by atoms with van der Waals surface area (Å²) in [6.45, 7) is 1.96. The number of allylic oxidation sites excluding steroid dienone is 5. The highest BCUT2D eigenvalue weighted by molar-refractivity contribution is 5.99. The van der Waals surface area contributed by atoms with Crippen molar-refractivity contribution in [3.8, 4) is 0 Å². The third kappa shape index (κ3) is 9.15. The van der Waals surface area contributed by atoms with Crippen LogP contribution in [0.25, 0.3) is 0 Å². The number of hydrogen-bond acceptors (Lipinski definition) is 4. The zero-order valence-corrected chi connectivity index (χ0v) is 15.5. The summed E-state index contributed by atoms with van der Waals surface area (Å²) in [5.74, 6) is 0.209. The van der Waals surface area contributed by atoms with Crippen LogP contribution < -0.4 is 0 Å². The summed E-state index contributed by atoms with van der Waals surface area (Å²) in [5, 5.41) is 28.0. The van der Waals surface area contributed by atoms with Gasteiger partial charge in [0.25, 0.3) is 0 Å². The highest BCUT2D eigenvalue weighted by Gasteiger charge is 2.20. The van der Waals surface area contributed by atoms with Crippen LogP contribution in [0.3, 0.4) is 0 Å². The maximum Gasteiger partial charge on any atom is 0.159 e. The molecule has 0 heterocycles. The van der Waals surface area contributed by atoms with Crippen molar-refractivity contribution in [2.75, 3.05) is 6.61 Å². The summed E-state index contributed by atoms with van der Waals surface area (Å²) in [5.41, 5.74) is 1.92. The van der Waals surface area contributed by atoms with Gasteiger partial charge in [-0.1, -0.05) is 50.5 Å². The van der Waals surface area contributed by atoms with Crippen LogP contribution in [0.4, 0.5) is 0 Å². The van der Waals surface area contributed by atoms with Crippen LogP contribution in [0.2, 0.25) is 0 Å². The van der Waals surface area contributed by atoms with E-state index < -0.39 is 12.2 Å². The van der Waals surface area contributed by atoms with E-state index in [2.05, 4.69) is 6.92 Å². The number of rotatable bonds is 13. The van der Waals surface area contributed by atoms with Crippen LogP contribution in [-0.4, -0.2) is 39.9 Å². The Morgan fingerprint density at radius 1 is 1.08 bits per heavy atom. The average molecular weight is 350 g/mol. The van der Waals surface area contributed by atoms with Crippen molar-refractivity contribution < 1.29 is 20.1 Å². The average Bonchev–Trinajstić information content (AvgIpc) is 2.96. The highest BCUT2D eigenvalue weighted by atomic mass is 16.3. The van der Waals surface area contributed by atoms with Crippen LogP contribution in [0.1, 0.15) is 71.1 Å². The zero-order chi connectivity index (χ0) is 18.5. The fourth-order valence-corrected chi connectivity index (χ4v) is 2.97. The first-order chi connectivity index (χ1) is 12.1. The fourth-order valence-electron chi connectivity index (χ4n) is 2.97. The predicted molar refractivity (Wildman–Crippen MR) is 101 cm³/mol. The number of Topliss-reactive ketones (excluding diaryl/α,β-unsaturated/α-hetero) is 1. The summed E-state index contributed by atoms with van der Waals surface area (Å²) in [6, 6.07) is 0. The molecule has 0 aromatic carbocycles. The lowest BCUT2D eigenvalue weighted by atomic mass is 10.0. The Morgan fingerprint density at radius 3 is 2.60 bits per heavy atom. The lowest BCUT2D eigenvalue weighted by molar-refractivity contribution is -0.114. The molecule has 2 unspecified atom stereocenters. The van der Waals surface area contributed by atoms with Gasteiger partial charge in [0.2, 0.25) is 0 Å². The van der Waals surface area contributed by atoms with Gasteiger partial charge < -0.3 is 15.3 Å². The molecule has 1 aliphatic carbocycles. The number of ketones is 1. The van der Waals surface area contributed by atoms with E-state index in [1.54, 1.807) is 0 Å². The van der Waals surface area contributed by atoms with Crippen molar-refractivity contribution in [1.82, 2.24) is 0 Å². The molecule has 2 atom stereocenters. The molecular weight excluding hydrogens is 316 g/mol. The van der Waals surface area contributed by atoms with E-state index in [1.165, 1.54) is 0 Å². The van der Waals surface area contributed by atoms with Crippen molar-refractivity contribution in [3.63, 3.8) is 0 Å². The van der Waals surface area contributed by atoms with Gasteiger partial charge in [-0.25, -0.2) is 0 Å². The lowest BCUT2D eigenvalue weighted by Crippen LogP contribution is -2.10. The molecule has 142 valence electrons. The first-order valence-corrected chi connectivity index (χ1v) is 9.63. The Kier molecular flexibility index (Phi) is 11.4. The second-order valence-electron chi connectivity index (χ2n) is 6.79. The number of aliphatic hydroxyl groups excluding tert-OH is 3. The van der Waals surface area contributed by atoms with E-state index >= 15 is 0 Å². The van der Waals surface area contributed by atoms with Gasteiger partial charge in [0.15, 0.2) is 5.78 Å². The molecule has 0 aromatic rings. The van der Waals surface area contributed by atoms with Crippen LogP contribution in [0, 0.1) is 0 Å². The molecule has 3 N–H and O–H groups in total. The van der Waals surface area contributed by atoms with Crippen LogP contribution in [0.5, 0.6) is 0 Å². The Balaban J connectivity index is 2.45. The van der Waals surface area contributed by atoms with Gasteiger partial charge in [0.05, 0.1) is 18.8 Å². The maximum absolute atomic E-state index is 12.0. The van der Waals surface area contributed by atoms with Gasteiger partial charge in [-0.15, -0.1) is 0 Å². The highest BCUT2D eigenvalue weighted by Crippen LogP contribution is 2.27. The molecule has 0 amide bonds. The normalized spacial score (nSPS) is 18.0. The Morgan fingerprint density at radius 2 is 1.88 bits per heavy atom. The number of carbonyl (C=O) groups is 1.